The summed E-state index contributed by atoms with van der Waals surface area (Å²) in [7, 11) is 3.77. The van der Waals surface area contributed by atoms with Crippen molar-refractivity contribution in [3.8, 4) is 11.5 Å². The lowest BCUT2D eigenvalue weighted by Crippen LogP contribution is -2.51. The number of anilines is 4. The maximum absolute atomic E-state index is 12.8. The molecule has 3 aromatic rings. The van der Waals surface area contributed by atoms with Crippen molar-refractivity contribution >= 4 is 34.1 Å². The van der Waals surface area contributed by atoms with Crippen molar-refractivity contribution in [3.63, 3.8) is 0 Å². The van der Waals surface area contributed by atoms with Crippen LogP contribution in [-0.2, 0) is 23.8 Å². The average Bonchev–Trinajstić information content (AvgIpc) is 3.21. The van der Waals surface area contributed by atoms with E-state index in [4.69, 9.17) is 4.74 Å². The quantitative estimate of drug-likeness (QED) is 0.260. The van der Waals surface area contributed by atoms with Crippen LogP contribution >= 0.6 is 0 Å². The number of piperazine rings is 1. The van der Waals surface area contributed by atoms with Crippen molar-refractivity contribution < 1.29 is 19.2 Å². The number of para-hydroxylation sites is 1. The molecule has 226 valence electrons. The largest absolute Gasteiger partial charge is 0.503 e. The van der Waals surface area contributed by atoms with E-state index in [1.54, 1.807) is 37.6 Å². The molecule has 2 atom stereocenters. The number of hydrogen-bond donors (Lipinski definition) is 4. The third kappa shape index (κ3) is 7.01. The third-order valence-electron chi connectivity index (χ3n) is 7.98. The van der Waals surface area contributed by atoms with Crippen molar-refractivity contribution in [3.05, 3.63) is 53.7 Å². The van der Waals surface area contributed by atoms with Crippen LogP contribution in [0.3, 0.4) is 0 Å². The summed E-state index contributed by atoms with van der Waals surface area (Å²) in [6.07, 6.45) is 5.55. The second-order valence-corrected chi connectivity index (χ2v) is 12.6. The summed E-state index contributed by atoms with van der Waals surface area (Å²) >= 11 is 0. The number of benzene rings is 2. The number of β-amino-alcohol motifs (C(OH)–C–C–N with tert-alkyl or cyclic N) is 1. The van der Waals surface area contributed by atoms with Gasteiger partial charge in [0.15, 0.2) is 11.6 Å². The van der Waals surface area contributed by atoms with E-state index in [-0.39, 0.29) is 18.2 Å². The van der Waals surface area contributed by atoms with E-state index in [0.29, 0.717) is 28.3 Å². The maximum atomic E-state index is 12.8. The Hall–Kier alpha value is -3.29. The molecule has 2 unspecified atom stereocenters. The maximum Gasteiger partial charge on any atom is 0.229 e. The van der Waals surface area contributed by atoms with Gasteiger partial charge in [0, 0.05) is 38.8 Å². The molecule has 1 aliphatic carbocycles. The average molecular weight is 596 g/mol. The molecular formula is C30H41N7O4S. The topological polar surface area (TPSA) is 126 Å². The number of aliphatic hydroxyl groups is 1. The molecule has 11 nitrogen and oxygen atoms in total. The molecule has 12 heteroatoms. The van der Waals surface area contributed by atoms with Crippen LogP contribution in [0, 0.1) is 0 Å². The fraction of sp³-hybridized carbons (Fsp3) is 0.467. The Labute approximate surface area is 250 Å². The molecule has 4 N–H and O–H groups in total. The Morgan fingerprint density at radius 2 is 1.88 bits per heavy atom. The first-order valence-electron chi connectivity index (χ1n) is 14.4. The summed E-state index contributed by atoms with van der Waals surface area (Å²) < 4.78 is 20.2. The number of fused-ring (bicyclic) bond motifs is 1. The molecule has 2 aliphatic rings. The molecule has 1 aromatic heterocycles. The second-order valence-electron chi connectivity index (χ2n) is 10.9. The van der Waals surface area contributed by atoms with Gasteiger partial charge in [0.05, 0.1) is 36.2 Å². The number of aromatic hydroxyl groups is 1. The number of rotatable bonds is 10. The molecule has 1 saturated heterocycles. The van der Waals surface area contributed by atoms with Crippen molar-refractivity contribution in [2.75, 3.05) is 71.2 Å². The van der Waals surface area contributed by atoms with Gasteiger partial charge in [-0.3, -0.25) is 9.80 Å². The van der Waals surface area contributed by atoms with Crippen molar-refractivity contribution in [2.45, 2.75) is 36.6 Å². The molecule has 1 aliphatic heterocycles. The number of nitrogens with zero attached hydrogens (tertiary/aromatic N) is 5. The van der Waals surface area contributed by atoms with E-state index in [0.717, 1.165) is 64.1 Å². The zero-order valence-corrected chi connectivity index (χ0v) is 25.4. The van der Waals surface area contributed by atoms with E-state index in [1.807, 2.05) is 12.1 Å². The lowest BCUT2D eigenvalue weighted by atomic mass is 9.99. The smallest absolute Gasteiger partial charge is 0.229 e. The van der Waals surface area contributed by atoms with Gasteiger partial charge in [-0.25, -0.2) is 13.5 Å². The molecule has 2 heterocycles. The second kappa shape index (κ2) is 13.8. The van der Waals surface area contributed by atoms with Crippen molar-refractivity contribution in [1.29, 1.82) is 0 Å². The van der Waals surface area contributed by atoms with E-state index in [9.17, 15) is 14.4 Å². The molecule has 0 amide bonds. The van der Waals surface area contributed by atoms with Gasteiger partial charge in [0.1, 0.15) is 16.7 Å². The zero-order valence-electron chi connectivity index (χ0n) is 24.5. The lowest BCUT2D eigenvalue weighted by Gasteiger charge is -2.39. The summed E-state index contributed by atoms with van der Waals surface area (Å²) in [5.74, 6) is 1.08. The standard InChI is InChI=1S/C30H41N7O4S/c1-35(2)42(40)28-10-5-4-9-24(28)32-29-26(39)20-31-30(34-29)33-25-18-21-7-6-8-23(17-22(21)19-27(25)41-3)37-13-11-36(12-14-37)15-16-38/h4-5,9-10,18-20,23,38-39H,6-8,11-17H2,1-3H3,(H2,31,32,33,34). The van der Waals surface area contributed by atoms with Crippen LogP contribution in [0.25, 0.3) is 0 Å². The predicted octanol–water partition coefficient (Wildman–Crippen LogP) is 3.12. The first-order valence-corrected chi connectivity index (χ1v) is 15.5. The van der Waals surface area contributed by atoms with Gasteiger partial charge >= 0.3 is 0 Å². The molecule has 0 saturated carbocycles. The highest BCUT2D eigenvalue weighted by Gasteiger charge is 2.27. The van der Waals surface area contributed by atoms with Crippen molar-refractivity contribution in [1.82, 2.24) is 24.1 Å². The van der Waals surface area contributed by atoms with Gasteiger partial charge in [-0.1, -0.05) is 12.1 Å². The SMILES string of the molecule is COc1cc2c(cc1Nc1ncc(O)c(Nc3ccccc3S(=O)N(C)C)n1)CCCC(N1CCN(CCO)CC1)C2. The first-order chi connectivity index (χ1) is 20.4. The molecule has 2 aromatic carbocycles. The molecule has 0 spiro atoms. The summed E-state index contributed by atoms with van der Waals surface area (Å²) in [4.78, 5) is 14.3. The fourth-order valence-electron chi connectivity index (χ4n) is 5.74. The van der Waals surface area contributed by atoms with Crippen LogP contribution in [0.1, 0.15) is 24.0 Å². The van der Waals surface area contributed by atoms with Crippen LogP contribution < -0.4 is 15.4 Å². The van der Waals surface area contributed by atoms with Gasteiger partial charge in [-0.15, -0.1) is 0 Å². The van der Waals surface area contributed by atoms with E-state index >= 15 is 0 Å². The monoisotopic (exact) mass is 595 g/mol. The van der Waals surface area contributed by atoms with E-state index in [2.05, 4.69) is 42.5 Å². The molecule has 0 bridgehead atoms. The number of aromatic nitrogens is 2. The van der Waals surface area contributed by atoms with Crippen LogP contribution in [0.15, 0.2) is 47.5 Å². The third-order valence-corrected chi connectivity index (χ3v) is 9.37. The summed E-state index contributed by atoms with van der Waals surface area (Å²) in [5, 5.41) is 26.2. The van der Waals surface area contributed by atoms with Crippen LogP contribution in [0.2, 0.25) is 0 Å². The predicted molar refractivity (Wildman–Crippen MR) is 165 cm³/mol. The number of aryl methyl sites for hydroxylation is 1. The minimum atomic E-state index is -1.38. The Balaban J connectivity index is 1.34. The lowest BCUT2D eigenvalue weighted by molar-refractivity contribution is 0.0805. The number of ether oxygens (including phenoxy) is 1. The summed E-state index contributed by atoms with van der Waals surface area (Å²) in [6, 6.07) is 12.0. The minimum absolute atomic E-state index is 0.122. The molecule has 5 rings (SSSR count). The molecule has 42 heavy (non-hydrogen) atoms. The number of nitrogens with one attached hydrogen (secondary N) is 2. The zero-order chi connectivity index (χ0) is 29.6. The van der Waals surface area contributed by atoms with Crippen LogP contribution in [0.4, 0.5) is 23.1 Å². The highest BCUT2D eigenvalue weighted by atomic mass is 32.2. The Morgan fingerprint density at radius 1 is 1.10 bits per heavy atom. The molecule has 1 fully saturated rings. The number of aliphatic hydroxyl groups excluding tert-OH is 1. The molecular weight excluding hydrogens is 554 g/mol. The van der Waals surface area contributed by atoms with Gasteiger partial charge < -0.3 is 25.6 Å². The number of methoxy groups -OCH3 is 1. The summed E-state index contributed by atoms with van der Waals surface area (Å²) in [6.45, 7) is 5.02. The Kier molecular flexibility index (Phi) is 9.91. The van der Waals surface area contributed by atoms with Crippen molar-refractivity contribution in [2.24, 2.45) is 0 Å². The highest BCUT2D eigenvalue weighted by molar-refractivity contribution is 7.82. The fourth-order valence-corrected chi connectivity index (χ4v) is 6.64. The van der Waals surface area contributed by atoms with Gasteiger partial charge in [-0.05, 0) is 75.2 Å². The summed E-state index contributed by atoms with van der Waals surface area (Å²) in [5.41, 5.74) is 3.93. The Morgan fingerprint density at radius 3 is 2.62 bits per heavy atom. The van der Waals surface area contributed by atoms with Gasteiger partial charge in [0.25, 0.3) is 0 Å². The minimum Gasteiger partial charge on any atom is -0.503 e. The normalized spacial score (nSPS) is 18.7. The van der Waals surface area contributed by atoms with Gasteiger partial charge in [0.2, 0.25) is 5.95 Å². The van der Waals surface area contributed by atoms with E-state index in [1.165, 1.54) is 17.3 Å². The van der Waals surface area contributed by atoms with E-state index < -0.39 is 11.0 Å². The van der Waals surface area contributed by atoms with Gasteiger partial charge in [-0.2, -0.15) is 4.98 Å². The van der Waals surface area contributed by atoms with Crippen LogP contribution in [-0.4, -0.2) is 105 Å². The molecule has 0 radical (unpaired) electrons. The number of hydrogen-bond acceptors (Lipinski definition) is 10. The van der Waals surface area contributed by atoms with Crippen LogP contribution in [0.5, 0.6) is 11.5 Å². The Bertz CT molecular complexity index is 1400. The first kappa shape index (κ1) is 30.2. The highest BCUT2D eigenvalue weighted by Crippen LogP contribution is 2.36.